The molecule has 0 spiro atoms. The molecule has 1 saturated heterocycles. The van der Waals surface area contributed by atoms with Crippen molar-refractivity contribution in [3.8, 4) is 0 Å². The van der Waals surface area contributed by atoms with Gasteiger partial charge in [-0.05, 0) is 43.7 Å². The Morgan fingerprint density at radius 3 is 2.55 bits per heavy atom. The first-order valence-electron chi connectivity index (χ1n) is 11.8. The topological polar surface area (TPSA) is 63.7 Å². The number of amides is 1. The summed E-state index contributed by atoms with van der Waals surface area (Å²) in [6.07, 6.45) is 7.75. The summed E-state index contributed by atoms with van der Waals surface area (Å²) < 4.78 is 32.7. The van der Waals surface area contributed by atoms with Crippen LogP contribution in [0.4, 0.5) is 8.78 Å². The number of ether oxygens (including phenoxy) is 1. The number of likely N-dealkylation sites (tertiary alicyclic amines) is 1. The van der Waals surface area contributed by atoms with Gasteiger partial charge in [-0.2, -0.15) is 8.78 Å². The zero-order valence-electron chi connectivity index (χ0n) is 19.6. The Bertz CT molecular complexity index is 810. The molecule has 1 aromatic carbocycles. The summed E-state index contributed by atoms with van der Waals surface area (Å²) >= 11 is 0. The number of alkyl halides is 2. The van der Waals surface area contributed by atoms with Crippen LogP contribution in [-0.4, -0.2) is 48.2 Å². The van der Waals surface area contributed by atoms with E-state index >= 15 is 0 Å². The monoisotopic (exact) mass is 463 g/mol. The zero-order chi connectivity index (χ0) is 24.3. The van der Waals surface area contributed by atoms with Crippen molar-refractivity contribution in [3.63, 3.8) is 0 Å². The summed E-state index contributed by atoms with van der Waals surface area (Å²) in [5, 5.41) is 0. The van der Waals surface area contributed by atoms with Gasteiger partial charge in [0.15, 0.2) is 5.78 Å². The first-order chi connectivity index (χ1) is 15.7. The Kier molecular flexibility index (Phi) is 10.7. The third kappa shape index (κ3) is 8.71. The Hall–Kier alpha value is -2.57. The molecule has 0 unspecified atom stereocenters. The van der Waals surface area contributed by atoms with Crippen LogP contribution in [0.2, 0.25) is 0 Å². The summed E-state index contributed by atoms with van der Waals surface area (Å²) in [4.78, 5) is 36.9. The van der Waals surface area contributed by atoms with Crippen LogP contribution in [0.1, 0.15) is 63.9 Å². The number of ketones is 1. The number of carbonyl (C=O) groups is 3. The number of hydrogen-bond donors (Lipinski definition) is 0. The van der Waals surface area contributed by atoms with Crippen molar-refractivity contribution in [2.24, 2.45) is 5.92 Å². The Morgan fingerprint density at radius 2 is 1.85 bits per heavy atom. The maximum atomic E-state index is 14.0. The molecule has 182 valence electrons. The number of hydrogen-bond acceptors (Lipinski definition) is 4. The molecule has 2 rings (SSSR count). The van der Waals surface area contributed by atoms with Crippen LogP contribution in [-0.2, 0) is 25.5 Å². The highest BCUT2D eigenvalue weighted by Gasteiger charge is 2.52. The largest absolute Gasteiger partial charge is 0.469 e. The molecule has 0 saturated carbocycles. The first kappa shape index (κ1) is 26.7. The molecule has 1 aliphatic rings. The van der Waals surface area contributed by atoms with E-state index in [1.54, 1.807) is 0 Å². The van der Waals surface area contributed by atoms with E-state index in [2.05, 4.69) is 16.9 Å². The van der Waals surface area contributed by atoms with Crippen LogP contribution in [0, 0.1) is 5.92 Å². The number of methoxy groups -OCH3 is 1. The lowest BCUT2D eigenvalue weighted by Gasteiger charge is -2.21. The van der Waals surface area contributed by atoms with E-state index in [0.717, 1.165) is 25.7 Å². The molecule has 1 aliphatic heterocycles. The van der Waals surface area contributed by atoms with E-state index in [1.807, 2.05) is 25.1 Å². The highest BCUT2D eigenvalue weighted by molar-refractivity contribution is 5.92. The molecule has 0 bridgehead atoms. The molecular weight excluding hydrogens is 428 g/mol. The second-order valence-electron chi connectivity index (χ2n) is 8.76. The molecule has 0 aromatic heterocycles. The number of carbonyl (C=O) groups excluding carboxylic acids is 3. The predicted molar refractivity (Wildman–Crippen MR) is 123 cm³/mol. The molecule has 0 aliphatic carbocycles. The average Bonchev–Trinajstić information content (AvgIpc) is 3.02. The molecule has 1 amide bonds. The van der Waals surface area contributed by atoms with Crippen LogP contribution in [0.3, 0.4) is 0 Å². The van der Waals surface area contributed by atoms with Crippen molar-refractivity contribution in [2.45, 2.75) is 76.7 Å². The third-order valence-corrected chi connectivity index (χ3v) is 6.11. The van der Waals surface area contributed by atoms with Gasteiger partial charge in [0.1, 0.15) is 0 Å². The van der Waals surface area contributed by atoms with E-state index in [4.69, 9.17) is 0 Å². The summed E-state index contributed by atoms with van der Waals surface area (Å²) in [5.74, 6) is -5.15. The number of allylic oxidation sites excluding steroid dienone is 1. The zero-order valence-corrected chi connectivity index (χ0v) is 19.6. The normalized spacial score (nSPS) is 18.6. The van der Waals surface area contributed by atoms with E-state index < -0.39 is 24.3 Å². The van der Waals surface area contributed by atoms with Gasteiger partial charge in [-0.1, -0.05) is 56.2 Å². The molecular formula is C26H35F2NO4. The van der Waals surface area contributed by atoms with Crippen molar-refractivity contribution in [3.05, 3.63) is 48.0 Å². The number of esters is 1. The van der Waals surface area contributed by atoms with Crippen molar-refractivity contribution in [1.29, 1.82) is 0 Å². The number of benzene rings is 1. The van der Waals surface area contributed by atoms with Crippen molar-refractivity contribution in [1.82, 2.24) is 4.90 Å². The number of rotatable bonds is 14. The molecule has 0 N–H and O–H groups in total. The number of unbranched alkanes of at least 4 members (excludes halogenated alkanes) is 3. The molecule has 1 aromatic rings. The van der Waals surface area contributed by atoms with Gasteiger partial charge >= 0.3 is 11.9 Å². The van der Waals surface area contributed by atoms with E-state index in [9.17, 15) is 23.2 Å². The van der Waals surface area contributed by atoms with Gasteiger partial charge in [0.05, 0.1) is 13.2 Å². The van der Waals surface area contributed by atoms with Crippen molar-refractivity contribution >= 4 is 17.7 Å². The predicted octanol–water partition coefficient (Wildman–Crippen LogP) is 5.13. The maximum Gasteiger partial charge on any atom is 0.327 e. The highest BCUT2D eigenvalue weighted by Crippen LogP contribution is 2.34. The van der Waals surface area contributed by atoms with Crippen LogP contribution in [0.25, 0.3) is 0 Å². The molecule has 7 heteroatoms. The Balaban J connectivity index is 1.80. The van der Waals surface area contributed by atoms with E-state index in [0.29, 0.717) is 25.7 Å². The quantitative estimate of drug-likeness (QED) is 0.218. The SMILES string of the molecule is COC(=O)CCCCCCN1C(=O)C(F)(F)C[C@@H]1C=CC(=O)[C@@H](C)CCCc1ccccc1. The van der Waals surface area contributed by atoms with E-state index in [-0.39, 0.29) is 24.2 Å². The standard InChI is InChI=1S/C26H35F2NO4/c1-20(11-10-14-21-12-6-5-7-13-21)23(30)17-16-22-19-26(27,28)25(32)29(22)18-9-4-3-8-15-24(31)33-2/h5-7,12-13,16-17,20,22H,3-4,8-11,14-15,18-19H2,1-2H3/t20-,22-/m0/s1. The number of halogens is 2. The van der Waals surface area contributed by atoms with Crippen molar-refractivity contribution < 1.29 is 27.9 Å². The molecule has 33 heavy (non-hydrogen) atoms. The summed E-state index contributed by atoms with van der Waals surface area (Å²) in [7, 11) is 1.34. The fraction of sp³-hybridized carbons (Fsp3) is 0.577. The van der Waals surface area contributed by atoms with Gasteiger partial charge in [-0.25, -0.2) is 0 Å². The Labute approximate surface area is 195 Å². The number of aryl methyl sites for hydroxylation is 1. The van der Waals surface area contributed by atoms with E-state index in [1.165, 1.54) is 29.7 Å². The molecule has 1 fully saturated rings. The summed E-state index contributed by atoms with van der Waals surface area (Å²) in [6.45, 7) is 2.06. The highest BCUT2D eigenvalue weighted by atomic mass is 19.3. The van der Waals surface area contributed by atoms with Crippen LogP contribution in [0.5, 0.6) is 0 Å². The molecule has 2 atom stereocenters. The maximum absolute atomic E-state index is 14.0. The minimum absolute atomic E-state index is 0.103. The second-order valence-corrected chi connectivity index (χ2v) is 8.76. The Morgan fingerprint density at radius 1 is 1.15 bits per heavy atom. The fourth-order valence-electron chi connectivity index (χ4n) is 4.04. The lowest BCUT2D eigenvalue weighted by Crippen LogP contribution is -2.36. The van der Waals surface area contributed by atoms with Crippen LogP contribution < -0.4 is 0 Å². The van der Waals surface area contributed by atoms with Gasteiger partial charge in [-0.3, -0.25) is 14.4 Å². The van der Waals surface area contributed by atoms with Crippen LogP contribution >= 0.6 is 0 Å². The fourth-order valence-corrected chi connectivity index (χ4v) is 4.04. The first-order valence-corrected chi connectivity index (χ1v) is 11.8. The van der Waals surface area contributed by atoms with Crippen molar-refractivity contribution in [2.75, 3.05) is 13.7 Å². The third-order valence-electron chi connectivity index (χ3n) is 6.11. The van der Waals surface area contributed by atoms with Gasteiger partial charge in [0.25, 0.3) is 5.91 Å². The smallest absolute Gasteiger partial charge is 0.327 e. The molecule has 1 heterocycles. The molecule has 0 radical (unpaired) electrons. The van der Waals surface area contributed by atoms with Gasteiger partial charge in [0, 0.05) is 25.3 Å². The minimum atomic E-state index is -3.40. The lowest BCUT2D eigenvalue weighted by atomic mass is 9.96. The summed E-state index contributed by atoms with van der Waals surface area (Å²) in [5.41, 5.74) is 1.22. The average molecular weight is 464 g/mol. The molecule has 5 nitrogen and oxygen atoms in total. The van der Waals surface area contributed by atoms with Crippen LogP contribution in [0.15, 0.2) is 42.5 Å². The van der Waals surface area contributed by atoms with Gasteiger partial charge in [0.2, 0.25) is 0 Å². The summed E-state index contributed by atoms with van der Waals surface area (Å²) in [6, 6.07) is 9.27. The van der Waals surface area contributed by atoms with Gasteiger partial charge in [-0.15, -0.1) is 0 Å². The minimum Gasteiger partial charge on any atom is -0.469 e. The second kappa shape index (κ2) is 13.2. The lowest BCUT2D eigenvalue weighted by molar-refractivity contribution is -0.148. The number of nitrogens with zero attached hydrogens (tertiary/aromatic N) is 1. The van der Waals surface area contributed by atoms with Gasteiger partial charge < -0.3 is 9.64 Å².